The van der Waals surface area contributed by atoms with Gasteiger partial charge in [0.05, 0.1) is 23.6 Å². The number of carboxylic acids is 1. The first-order valence-corrected chi connectivity index (χ1v) is 7.17. The van der Waals surface area contributed by atoms with E-state index in [1.54, 1.807) is 0 Å². The van der Waals surface area contributed by atoms with Gasteiger partial charge in [-0.3, -0.25) is 9.59 Å². The molecule has 1 aromatic rings. The zero-order chi connectivity index (χ0) is 15.9. The summed E-state index contributed by atoms with van der Waals surface area (Å²) in [7, 11) is 0. The molecule has 1 amide bonds. The van der Waals surface area contributed by atoms with Gasteiger partial charge >= 0.3 is 5.97 Å². The van der Waals surface area contributed by atoms with Crippen LogP contribution >= 0.6 is 0 Å². The van der Waals surface area contributed by atoms with Crippen LogP contribution in [0.3, 0.4) is 0 Å². The number of rotatable bonds is 5. The minimum Gasteiger partial charge on any atom is -0.481 e. The summed E-state index contributed by atoms with van der Waals surface area (Å²) in [5, 5.41) is 16.0. The zero-order valence-electron chi connectivity index (χ0n) is 13.1. The minimum atomic E-state index is -0.912. The third kappa shape index (κ3) is 2.54. The van der Waals surface area contributed by atoms with E-state index in [0.717, 1.165) is 11.3 Å². The molecule has 2 N–H and O–H groups in total. The van der Waals surface area contributed by atoms with Gasteiger partial charge < -0.3 is 14.9 Å². The summed E-state index contributed by atoms with van der Waals surface area (Å²) in [6.45, 7) is 9.23. The van der Waals surface area contributed by atoms with Gasteiger partial charge in [-0.2, -0.15) is 0 Å². The van der Waals surface area contributed by atoms with Crippen LogP contribution in [0, 0.1) is 31.1 Å². The molecule has 116 valence electrons. The smallest absolute Gasteiger partial charge is 0.307 e. The van der Waals surface area contributed by atoms with Crippen molar-refractivity contribution in [3.63, 3.8) is 0 Å². The number of hydrogen-bond donors (Lipinski definition) is 2. The van der Waals surface area contributed by atoms with E-state index >= 15 is 0 Å². The van der Waals surface area contributed by atoms with Crippen LogP contribution in [0.25, 0.3) is 0 Å². The molecule has 1 unspecified atom stereocenters. The maximum Gasteiger partial charge on any atom is 0.307 e. The maximum atomic E-state index is 12.4. The first-order chi connectivity index (χ1) is 9.71. The van der Waals surface area contributed by atoms with E-state index in [1.807, 2.05) is 34.6 Å². The molecule has 0 aromatic carbocycles. The van der Waals surface area contributed by atoms with Gasteiger partial charge in [0.15, 0.2) is 0 Å². The van der Waals surface area contributed by atoms with E-state index in [-0.39, 0.29) is 11.9 Å². The molecule has 0 bridgehead atoms. The topological polar surface area (TPSA) is 92.4 Å². The van der Waals surface area contributed by atoms with Crippen molar-refractivity contribution in [2.24, 2.45) is 17.3 Å². The number of aliphatic carboxylic acids is 1. The average molecular weight is 294 g/mol. The lowest BCUT2D eigenvalue weighted by Gasteiger charge is -2.17. The van der Waals surface area contributed by atoms with Crippen LogP contribution in [0.4, 0.5) is 0 Å². The second-order valence-electron chi connectivity index (χ2n) is 6.32. The molecule has 0 spiro atoms. The van der Waals surface area contributed by atoms with E-state index in [9.17, 15) is 9.59 Å². The molecule has 6 nitrogen and oxygen atoms in total. The van der Waals surface area contributed by atoms with E-state index < -0.39 is 23.2 Å². The Kier molecular flexibility index (Phi) is 3.82. The highest BCUT2D eigenvalue weighted by Gasteiger charge is 2.66. The summed E-state index contributed by atoms with van der Waals surface area (Å²) in [5.41, 5.74) is 1.15. The number of nitrogens with one attached hydrogen (secondary N) is 1. The molecule has 3 atom stereocenters. The van der Waals surface area contributed by atoms with Gasteiger partial charge in [0, 0.05) is 5.56 Å². The second kappa shape index (κ2) is 5.16. The summed E-state index contributed by atoms with van der Waals surface area (Å²) < 4.78 is 5.14. The molecule has 1 aliphatic rings. The third-order valence-electron chi connectivity index (χ3n) is 4.54. The van der Waals surface area contributed by atoms with Gasteiger partial charge in [-0.15, -0.1) is 0 Å². The molecule has 0 saturated heterocycles. The number of nitrogens with zero attached hydrogens (tertiary/aromatic N) is 1. The Bertz CT molecular complexity index is 557. The predicted molar refractivity (Wildman–Crippen MR) is 75.5 cm³/mol. The van der Waals surface area contributed by atoms with Crippen molar-refractivity contribution in [1.82, 2.24) is 10.5 Å². The van der Waals surface area contributed by atoms with Gasteiger partial charge in [0.1, 0.15) is 5.76 Å². The number of amides is 1. The van der Waals surface area contributed by atoms with Gasteiger partial charge in [0.25, 0.3) is 0 Å². The third-order valence-corrected chi connectivity index (χ3v) is 4.54. The SMILES string of the molecule is CCC(NC(=O)[C@@H]1[C@H](C(=O)O)C1(C)C)c1c(C)noc1C. The molecule has 2 rings (SSSR count). The maximum absolute atomic E-state index is 12.4. The first kappa shape index (κ1) is 15.5. The predicted octanol–water partition coefficient (Wildman–Crippen LogP) is 2.22. The fraction of sp³-hybridized carbons (Fsp3) is 0.667. The molecule has 1 aromatic heterocycles. The first-order valence-electron chi connectivity index (χ1n) is 7.17. The lowest BCUT2D eigenvalue weighted by atomic mass is 10.0. The Morgan fingerprint density at radius 3 is 2.38 bits per heavy atom. The molecule has 1 saturated carbocycles. The highest BCUT2D eigenvalue weighted by Crippen LogP contribution is 2.58. The van der Waals surface area contributed by atoms with Crippen molar-refractivity contribution >= 4 is 11.9 Å². The summed E-state index contributed by atoms with van der Waals surface area (Å²) in [6.07, 6.45) is 0.694. The van der Waals surface area contributed by atoms with E-state index in [0.29, 0.717) is 12.2 Å². The Balaban J connectivity index is 2.14. The molecule has 21 heavy (non-hydrogen) atoms. The molecule has 1 heterocycles. The lowest BCUT2D eigenvalue weighted by molar-refractivity contribution is -0.140. The molecule has 0 radical (unpaired) electrons. The van der Waals surface area contributed by atoms with Crippen LogP contribution in [0.15, 0.2) is 4.52 Å². The number of carbonyl (C=O) groups excluding carboxylic acids is 1. The van der Waals surface area contributed by atoms with Crippen LogP contribution < -0.4 is 5.32 Å². The summed E-state index contributed by atoms with van der Waals surface area (Å²) in [6, 6.07) is -0.199. The normalized spacial score (nSPS) is 24.4. The van der Waals surface area contributed by atoms with Gasteiger partial charge in [-0.05, 0) is 25.7 Å². The molecule has 0 aliphatic heterocycles. The zero-order valence-corrected chi connectivity index (χ0v) is 13.1. The summed E-state index contributed by atoms with van der Waals surface area (Å²) in [5.74, 6) is -1.53. The number of carboxylic acid groups (broad SMARTS) is 1. The fourth-order valence-electron chi connectivity index (χ4n) is 3.22. The van der Waals surface area contributed by atoms with Crippen LogP contribution in [0.2, 0.25) is 0 Å². The highest BCUT2D eigenvalue weighted by atomic mass is 16.5. The van der Waals surface area contributed by atoms with Crippen molar-refractivity contribution in [2.45, 2.75) is 47.1 Å². The molecular formula is C15H22N2O4. The van der Waals surface area contributed by atoms with Crippen LogP contribution in [0.5, 0.6) is 0 Å². The van der Waals surface area contributed by atoms with E-state index in [1.165, 1.54) is 0 Å². The fourth-order valence-corrected chi connectivity index (χ4v) is 3.22. The van der Waals surface area contributed by atoms with Crippen molar-refractivity contribution < 1.29 is 19.2 Å². The molecule has 1 fully saturated rings. The molecule has 1 aliphatic carbocycles. The van der Waals surface area contributed by atoms with Crippen molar-refractivity contribution in [1.29, 1.82) is 0 Å². The van der Waals surface area contributed by atoms with Crippen LogP contribution in [-0.2, 0) is 9.59 Å². The minimum absolute atomic E-state index is 0.199. The molecule has 6 heteroatoms. The lowest BCUT2D eigenvalue weighted by Crippen LogP contribution is -2.31. The van der Waals surface area contributed by atoms with Crippen LogP contribution in [-0.4, -0.2) is 22.1 Å². The average Bonchev–Trinajstić information content (AvgIpc) is 2.83. The van der Waals surface area contributed by atoms with Gasteiger partial charge in [0.2, 0.25) is 5.91 Å². The van der Waals surface area contributed by atoms with Gasteiger partial charge in [-0.1, -0.05) is 25.9 Å². The monoisotopic (exact) mass is 294 g/mol. The number of hydrogen-bond acceptors (Lipinski definition) is 4. The number of carbonyl (C=O) groups is 2. The second-order valence-corrected chi connectivity index (χ2v) is 6.32. The molecular weight excluding hydrogens is 272 g/mol. The number of aromatic nitrogens is 1. The van der Waals surface area contributed by atoms with Crippen molar-refractivity contribution in [3.8, 4) is 0 Å². The van der Waals surface area contributed by atoms with Crippen molar-refractivity contribution in [2.75, 3.05) is 0 Å². The highest BCUT2D eigenvalue weighted by molar-refractivity contribution is 5.91. The largest absolute Gasteiger partial charge is 0.481 e. The summed E-state index contributed by atoms with van der Waals surface area (Å²) >= 11 is 0. The van der Waals surface area contributed by atoms with Crippen molar-refractivity contribution in [3.05, 3.63) is 17.0 Å². The Hall–Kier alpha value is -1.85. The quantitative estimate of drug-likeness (QED) is 0.868. The van der Waals surface area contributed by atoms with Gasteiger partial charge in [-0.25, -0.2) is 0 Å². The Morgan fingerprint density at radius 2 is 2.00 bits per heavy atom. The van der Waals surface area contributed by atoms with Crippen LogP contribution in [0.1, 0.15) is 50.3 Å². The number of aryl methyl sites for hydroxylation is 2. The Morgan fingerprint density at radius 1 is 1.38 bits per heavy atom. The van der Waals surface area contributed by atoms with E-state index in [4.69, 9.17) is 9.63 Å². The standard InChI is InChI=1S/C15H22N2O4/c1-6-9(10-7(2)17-21-8(10)3)16-13(18)11-12(14(19)20)15(11,4)5/h9,11-12H,6H2,1-5H3,(H,16,18)(H,19,20)/t9?,11-,12+/m0/s1. The summed E-state index contributed by atoms with van der Waals surface area (Å²) in [4.78, 5) is 23.6. The van der Waals surface area contributed by atoms with E-state index in [2.05, 4.69) is 10.5 Å². The Labute approximate surface area is 123 Å².